The molecule has 0 aliphatic heterocycles. The van der Waals surface area contributed by atoms with Crippen molar-refractivity contribution in [1.82, 2.24) is 9.78 Å². The molecule has 1 aromatic carbocycles. The second-order valence-corrected chi connectivity index (χ2v) is 4.81. The van der Waals surface area contributed by atoms with Crippen LogP contribution in [0.5, 0.6) is 0 Å². The second-order valence-electron chi connectivity index (χ2n) is 4.81. The minimum Gasteiger partial charge on any atom is -0.477 e. The van der Waals surface area contributed by atoms with E-state index in [1.165, 1.54) is 6.92 Å². The van der Waals surface area contributed by atoms with Gasteiger partial charge in [0.15, 0.2) is 5.78 Å². The van der Waals surface area contributed by atoms with Crippen molar-refractivity contribution in [3.05, 3.63) is 57.0 Å². The van der Waals surface area contributed by atoms with Crippen LogP contribution < -0.4 is 5.56 Å². The smallest absolute Gasteiger partial charge is 0.341 e. The number of hydrogen-bond donors (Lipinski definition) is 1. The lowest BCUT2D eigenvalue weighted by Crippen LogP contribution is -2.29. The molecule has 2 rings (SSSR count). The molecule has 21 heavy (non-hydrogen) atoms. The van der Waals surface area contributed by atoms with Gasteiger partial charge in [0.25, 0.3) is 5.56 Å². The van der Waals surface area contributed by atoms with Crippen LogP contribution in [-0.4, -0.2) is 26.6 Å². The molecule has 0 saturated carbocycles. The van der Waals surface area contributed by atoms with Crippen LogP contribution in [0.2, 0.25) is 0 Å². The van der Waals surface area contributed by atoms with Gasteiger partial charge >= 0.3 is 5.97 Å². The van der Waals surface area contributed by atoms with E-state index in [0.29, 0.717) is 5.69 Å². The summed E-state index contributed by atoms with van der Waals surface area (Å²) >= 11 is 0. The highest BCUT2D eigenvalue weighted by molar-refractivity contribution is 5.95. The summed E-state index contributed by atoms with van der Waals surface area (Å²) in [6.07, 6.45) is 0. The molecule has 0 saturated heterocycles. The average molecular weight is 286 g/mol. The molecule has 0 spiro atoms. The van der Waals surface area contributed by atoms with Crippen LogP contribution in [0.15, 0.2) is 29.1 Å². The molecule has 0 aliphatic carbocycles. The third-order valence-electron chi connectivity index (χ3n) is 3.10. The van der Waals surface area contributed by atoms with Crippen molar-refractivity contribution < 1.29 is 14.7 Å². The Morgan fingerprint density at radius 3 is 2.43 bits per heavy atom. The number of Topliss-reactive ketones (excluding diaryl/α,β-unsaturated/α-hetero) is 1. The Kier molecular flexibility index (Phi) is 3.71. The Hall–Kier alpha value is -2.76. The first kappa shape index (κ1) is 14.6. The van der Waals surface area contributed by atoms with Crippen molar-refractivity contribution in [2.75, 3.05) is 0 Å². The minimum atomic E-state index is -1.39. The van der Waals surface area contributed by atoms with Crippen molar-refractivity contribution in [2.45, 2.75) is 20.8 Å². The van der Waals surface area contributed by atoms with E-state index in [2.05, 4.69) is 5.10 Å². The highest BCUT2D eigenvalue weighted by atomic mass is 16.4. The normalized spacial score (nSPS) is 10.4. The number of rotatable bonds is 3. The average Bonchev–Trinajstić information content (AvgIpc) is 2.41. The fourth-order valence-electron chi connectivity index (χ4n) is 1.93. The first-order valence-corrected chi connectivity index (χ1v) is 6.27. The van der Waals surface area contributed by atoms with Gasteiger partial charge in [0.05, 0.1) is 5.69 Å². The lowest BCUT2D eigenvalue weighted by atomic mass is 10.1. The van der Waals surface area contributed by atoms with E-state index < -0.39 is 22.9 Å². The molecule has 0 radical (unpaired) electrons. The molecular weight excluding hydrogens is 272 g/mol. The topological polar surface area (TPSA) is 89.3 Å². The number of aromatic nitrogens is 2. The van der Waals surface area contributed by atoms with Gasteiger partial charge in [0.1, 0.15) is 11.3 Å². The Labute approximate surface area is 120 Å². The zero-order valence-corrected chi connectivity index (χ0v) is 11.9. The summed E-state index contributed by atoms with van der Waals surface area (Å²) in [4.78, 5) is 34.9. The highest BCUT2D eigenvalue weighted by Gasteiger charge is 2.18. The zero-order chi connectivity index (χ0) is 15.7. The summed E-state index contributed by atoms with van der Waals surface area (Å²) in [5.74, 6) is -1.79. The van der Waals surface area contributed by atoms with E-state index in [4.69, 9.17) is 5.11 Å². The van der Waals surface area contributed by atoms with Gasteiger partial charge in [0, 0.05) is 6.92 Å². The first-order valence-electron chi connectivity index (χ1n) is 6.27. The van der Waals surface area contributed by atoms with Gasteiger partial charge in [-0.25, -0.2) is 4.79 Å². The maximum Gasteiger partial charge on any atom is 0.341 e. The molecule has 6 heteroatoms. The third-order valence-corrected chi connectivity index (χ3v) is 3.10. The van der Waals surface area contributed by atoms with E-state index in [-0.39, 0.29) is 5.69 Å². The first-order chi connectivity index (χ1) is 9.81. The van der Waals surface area contributed by atoms with Gasteiger partial charge < -0.3 is 5.11 Å². The van der Waals surface area contributed by atoms with Crippen LogP contribution in [0, 0.1) is 13.8 Å². The Balaban J connectivity index is 2.85. The second kappa shape index (κ2) is 5.32. The van der Waals surface area contributed by atoms with Crippen LogP contribution >= 0.6 is 0 Å². The SMILES string of the molecule is CC(=O)c1cc(C(=O)O)c(=O)n(-c2cc(C)ccc2C)n1. The van der Waals surface area contributed by atoms with Crippen molar-refractivity contribution in [3.63, 3.8) is 0 Å². The molecule has 0 fully saturated rings. The van der Waals surface area contributed by atoms with Gasteiger partial charge in [-0.05, 0) is 37.1 Å². The number of ketones is 1. The van der Waals surface area contributed by atoms with Crippen molar-refractivity contribution in [3.8, 4) is 5.69 Å². The molecule has 1 aromatic heterocycles. The number of aromatic carboxylic acids is 1. The maximum atomic E-state index is 12.3. The summed E-state index contributed by atoms with van der Waals surface area (Å²) in [5, 5.41) is 13.1. The minimum absolute atomic E-state index is 0.0621. The monoisotopic (exact) mass is 286 g/mol. The van der Waals surface area contributed by atoms with E-state index in [0.717, 1.165) is 21.9 Å². The standard InChI is InChI=1S/C15H14N2O4/c1-8-4-5-9(2)13(6-8)17-14(19)11(15(20)21)7-12(16-17)10(3)18/h4-7H,1-3H3,(H,20,21). The quantitative estimate of drug-likeness (QED) is 0.868. The molecule has 0 aliphatic rings. The predicted octanol–water partition coefficient (Wildman–Crippen LogP) is 1.75. The number of carbonyl (C=O) groups excluding carboxylic acids is 1. The molecular formula is C15H14N2O4. The van der Waals surface area contributed by atoms with Crippen LogP contribution in [0.1, 0.15) is 38.9 Å². The number of nitrogens with zero attached hydrogens (tertiary/aromatic N) is 2. The fraction of sp³-hybridized carbons (Fsp3) is 0.200. The van der Waals surface area contributed by atoms with Gasteiger partial charge in [-0.1, -0.05) is 12.1 Å². The Bertz CT molecular complexity index is 806. The number of carbonyl (C=O) groups is 2. The largest absolute Gasteiger partial charge is 0.477 e. The molecule has 0 atom stereocenters. The van der Waals surface area contributed by atoms with Crippen molar-refractivity contribution >= 4 is 11.8 Å². The molecule has 1 heterocycles. The molecule has 1 N–H and O–H groups in total. The summed E-state index contributed by atoms with van der Waals surface area (Å²) in [5.41, 5.74) is 0.817. The molecule has 0 amide bonds. The van der Waals surface area contributed by atoms with Crippen LogP contribution in [0.25, 0.3) is 5.69 Å². The van der Waals surface area contributed by atoms with Gasteiger partial charge in [-0.2, -0.15) is 9.78 Å². The van der Waals surface area contributed by atoms with Crippen LogP contribution in [0.3, 0.4) is 0 Å². The fourth-order valence-corrected chi connectivity index (χ4v) is 1.93. The summed E-state index contributed by atoms with van der Waals surface area (Å²) in [6, 6.07) is 6.41. The van der Waals surface area contributed by atoms with Gasteiger partial charge in [-0.3, -0.25) is 9.59 Å². The third kappa shape index (κ3) is 2.74. The van der Waals surface area contributed by atoms with Crippen molar-refractivity contribution in [2.24, 2.45) is 0 Å². The Morgan fingerprint density at radius 1 is 1.19 bits per heavy atom. The summed E-state index contributed by atoms with van der Waals surface area (Å²) < 4.78 is 0.975. The van der Waals surface area contributed by atoms with Gasteiger partial charge in [0.2, 0.25) is 0 Å². The lowest BCUT2D eigenvalue weighted by Gasteiger charge is -2.11. The highest BCUT2D eigenvalue weighted by Crippen LogP contribution is 2.14. The molecule has 0 unspecified atom stereocenters. The molecule has 6 nitrogen and oxygen atoms in total. The van der Waals surface area contributed by atoms with E-state index in [1.54, 1.807) is 19.1 Å². The lowest BCUT2D eigenvalue weighted by molar-refractivity contribution is 0.0694. The van der Waals surface area contributed by atoms with E-state index in [9.17, 15) is 14.4 Å². The summed E-state index contributed by atoms with van der Waals surface area (Å²) in [7, 11) is 0. The van der Waals surface area contributed by atoms with Crippen LogP contribution in [-0.2, 0) is 0 Å². The zero-order valence-electron chi connectivity index (χ0n) is 11.9. The number of aryl methyl sites for hydroxylation is 2. The number of hydrogen-bond acceptors (Lipinski definition) is 4. The van der Waals surface area contributed by atoms with E-state index >= 15 is 0 Å². The summed E-state index contributed by atoms with van der Waals surface area (Å²) in [6.45, 7) is 4.90. The van der Waals surface area contributed by atoms with Crippen LogP contribution in [0.4, 0.5) is 0 Å². The number of carboxylic acid groups (broad SMARTS) is 1. The predicted molar refractivity (Wildman–Crippen MR) is 76.3 cm³/mol. The van der Waals surface area contributed by atoms with E-state index in [1.807, 2.05) is 13.0 Å². The molecule has 0 bridgehead atoms. The van der Waals surface area contributed by atoms with Crippen molar-refractivity contribution in [1.29, 1.82) is 0 Å². The Morgan fingerprint density at radius 2 is 1.86 bits per heavy atom. The molecule has 2 aromatic rings. The number of benzene rings is 1. The van der Waals surface area contributed by atoms with Gasteiger partial charge in [-0.15, -0.1) is 0 Å². The number of carboxylic acids is 1. The maximum absolute atomic E-state index is 12.3. The molecule has 108 valence electrons.